The Hall–Kier alpha value is -1.57. The van der Waals surface area contributed by atoms with Crippen LogP contribution in [0.25, 0.3) is 10.8 Å². The molecule has 0 atom stereocenters. The van der Waals surface area contributed by atoms with E-state index in [1.807, 2.05) is 39.1 Å². The van der Waals surface area contributed by atoms with Crippen molar-refractivity contribution in [1.29, 1.82) is 0 Å². The van der Waals surface area contributed by atoms with Crippen LogP contribution in [0, 0.1) is 6.92 Å². The van der Waals surface area contributed by atoms with Gasteiger partial charge in [-0.1, -0.05) is 13.8 Å². The largest absolute Gasteiger partial charge is 0.496 e. The van der Waals surface area contributed by atoms with Gasteiger partial charge in [0.2, 0.25) is 0 Å². The van der Waals surface area contributed by atoms with E-state index in [1.54, 1.807) is 13.3 Å². The number of pyridine rings is 1. The number of hydrogen-bond acceptors (Lipinski definition) is 2. The number of ether oxygens (including phenoxy) is 1. The number of fused-ring (bicyclic) bond motifs is 1. The van der Waals surface area contributed by atoms with Crippen LogP contribution in [-0.4, -0.2) is 12.1 Å². The number of benzene rings is 1. The second-order valence-electron chi connectivity index (χ2n) is 3.04. The molecule has 1 aromatic heterocycles. The fraction of sp³-hybridized carbons (Fsp3) is 0.308. The van der Waals surface area contributed by atoms with E-state index < -0.39 is 0 Å². The maximum atomic E-state index is 5.23. The Balaban J connectivity index is 0.000000531. The third-order valence-electron chi connectivity index (χ3n) is 2.15. The molecule has 0 saturated carbocycles. The summed E-state index contributed by atoms with van der Waals surface area (Å²) in [5.74, 6) is 0.917. The summed E-state index contributed by atoms with van der Waals surface area (Å²) >= 11 is 0. The monoisotopic (exact) mass is 203 g/mol. The van der Waals surface area contributed by atoms with Crippen molar-refractivity contribution in [3.05, 3.63) is 36.2 Å². The van der Waals surface area contributed by atoms with E-state index in [0.717, 1.165) is 16.7 Å². The Morgan fingerprint density at radius 1 is 1.13 bits per heavy atom. The molecule has 80 valence electrons. The van der Waals surface area contributed by atoms with Crippen molar-refractivity contribution in [3.8, 4) is 5.75 Å². The third-order valence-corrected chi connectivity index (χ3v) is 2.15. The molecule has 15 heavy (non-hydrogen) atoms. The van der Waals surface area contributed by atoms with Crippen molar-refractivity contribution in [2.24, 2.45) is 0 Å². The summed E-state index contributed by atoms with van der Waals surface area (Å²) < 4.78 is 5.23. The second kappa shape index (κ2) is 5.35. The molecule has 2 heteroatoms. The number of rotatable bonds is 1. The number of aromatic nitrogens is 1. The van der Waals surface area contributed by atoms with Crippen molar-refractivity contribution in [2.75, 3.05) is 7.11 Å². The highest BCUT2D eigenvalue weighted by Crippen LogP contribution is 2.23. The molecule has 2 nitrogen and oxygen atoms in total. The lowest BCUT2D eigenvalue weighted by molar-refractivity contribution is 0.412. The summed E-state index contributed by atoms with van der Waals surface area (Å²) in [6.07, 6.45) is 3.64. The molecular formula is C13H17NO. The molecule has 0 aliphatic heterocycles. The molecule has 0 fully saturated rings. The van der Waals surface area contributed by atoms with Crippen molar-refractivity contribution in [3.63, 3.8) is 0 Å². The predicted octanol–water partition coefficient (Wildman–Crippen LogP) is 3.58. The minimum absolute atomic E-state index is 0.917. The van der Waals surface area contributed by atoms with Gasteiger partial charge in [0.15, 0.2) is 0 Å². The maximum Gasteiger partial charge on any atom is 0.122 e. The normalized spacial score (nSPS) is 9.33. The smallest absolute Gasteiger partial charge is 0.122 e. The van der Waals surface area contributed by atoms with Gasteiger partial charge in [-0.2, -0.15) is 0 Å². The first kappa shape index (κ1) is 11.5. The highest BCUT2D eigenvalue weighted by molar-refractivity contribution is 5.83. The number of aryl methyl sites for hydroxylation is 1. The number of nitrogens with zero attached hydrogens (tertiary/aromatic N) is 1. The summed E-state index contributed by atoms with van der Waals surface area (Å²) in [4.78, 5) is 4.06. The molecule has 0 saturated heterocycles. The topological polar surface area (TPSA) is 22.1 Å². The molecule has 0 spiro atoms. The summed E-state index contributed by atoms with van der Waals surface area (Å²) in [5.41, 5.74) is 1.15. The average molecular weight is 203 g/mol. The lowest BCUT2D eigenvalue weighted by Crippen LogP contribution is -1.87. The average Bonchev–Trinajstić information content (AvgIpc) is 2.31. The van der Waals surface area contributed by atoms with E-state index in [9.17, 15) is 0 Å². The molecule has 0 aliphatic carbocycles. The molecule has 2 aromatic rings. The lowest BCUT2D eigenvalue weighted by atomic mass is 10.1. The molecule has 1 aromatic carbocycles. The molecule has 0 amide bonds. The van der Waals surface area contributed by atoms with Gasteiger partial charge in [0, 0.05) is 17.8 Å². The fourth-order valence-corrected chi connectivity index (χ4v) is 1.45. The minimum atomic E-state index is 0.917. The summed E-state index contributed by atoms with van der Waals surface area (Å²) in [7, 11) is 1.69. The van der Waals surface area contributed by atoms with Crippen LogP contribution in [0.1, 0.15) is 19.4 Å². The van der Waals surface area contributed by atoms with Crippen LogP contribution in [0.15, 0.2) is 30.6 Å². The van der Waals surface area contributed by atoms with Crippen LogP contribution < -0.4 is 4.74 Å². The standard InChI is InChI=1S/C11H11NO.C2H6/c1-8-5-9-3-4-12-7-10(9)6-11(8)13-2;1-2/h3-7H,1-2H3;1-2H3. The van der Waals surface area contributed by atoms with E-state index in [0.29, 0.717) is 0 Å². The number of methoxy groups -OCH3 is 1. The van der Waals surface area contributed by atoms with Crippen LogP contribution in [-0.2, 0) is 0 Å². The Labute approximate surface area is 90.9 Å². The van der Waals surface area contributed by atoms with Crippen molar-refractivity contribution >= 4 is 10.8 Å². The second-order valence-corrected chi connectivity index (χ2v) is 3.04. The SMILES string of the molecule is CC.COc1cc2cnccc2cc1C. The first-order valence-electron chi connectivity index (χ1n) is 5.19. The molecule has 0 bridgehead atoms. The van der Waals surface area contributed by atoms with Gasteiger partial charge in [0.05, 0.1) is 7.11 Å². The zero-order valence-corrected chi connectivity index (χ0v) is 9.74. The van der Waals surface area contributed by atoms with Crippen LogP contribution in [0.3, 0.4) is 0 Å². The van der Waals surface area contributed by atoms with Gasteiger partial charge in [0.1, 0.15) is 5.75 Å². The molecule has 0 N–H and O–H groups in total. The Kier molecular flexibility index (Phi) is 4.10. The van der Waals surface area contributed by atoms with Crippen molar-refractivity contribution in [1.82, 2.24) is 4.98 Å². The van der Waals surface area contributed by atoms with Crippen LogP contribution in [0.2, 0.25) is 0 Å². The molecule has 0 aliphatic rings. The molecule has 0 unspecified atom stereocenters. The number of hydrogen-bond donors (Lipinski definition) is 0. The first-order valence-corrected chi connectivity index (χ1v) is 5.19. The Bertz CT molecular complexity index is 437. The summed E-state index contributed by atoms with van der Waals surface area (Å²) in [6.45, 7) is 6.04. The van der Waals surface area contributed by atoms with E-state index in [2.05, 4.69) is 11.1 Å². The zero-order valence-electron chi connectivity index (χ0n) is 9.74. The van der Waals surface area contributed by atoms with Gasteiger partial charge in [-0.3, -0.25) is 4.98 Å². The molecule has 2 rings (SSSR count). The molecular weight excluding hydrogens is 186 g/mol. The summed E-state index contributed by atoms with van der Waals surface area (Å²) in [6, 6.07) is 6.12. The van der Waals surface area contributed by atoms with E-state index in [1.165, 1.54) is 5.39 Å². The molecule has 1 heterocycles. The quantitative estimate of drug-likeness (QED) is 0.706. The van der Waals surface area contributed by atoms with Crippen LogP contribution in [0.5, 0.6) is 5.75 Å². The fourth-order valence-electron chi connectivity index (χ4n) is 1.45. The minimum Gasteiger partial charge on any atom is -0.496 e. The van der Waals surface area contributed by atoms with E-state index >= 15 is 0 Å². The maximum absolute atomic E-state index is 5.23. The lowest BCUT2D eigenvalue weighted by Gasteiger charge is -2.05. The van der Waals surface area contributed by atoms with Crippen molar-refractivity contribution < 1.29 is 4.74 Å². The predicted molar refractivity (Wildman–Crippen MR) is 64.4 cm³/mol. The Morgan fingerprint density at radius 3 is 2.53 bits per heavy atom. The van der Waals surface area contributed by atoms with Crippen LogP contribution >= 0.6 is 0 Å². The van der Waals surface area contributed by atoms with Gasteiger partial charge in [-0.05, 0) is 36.1 Å². The van der Waals surface area contributed by atoms with Crippen molar-refractivity contribution in [2.45, 2.75) is 20.8 Å². The third kappa shape index (κ3) is 2.46. The van der Waals surface area contributed by atoms with E-state index in [4.69, 9.17) is 4.74 Å². The summed E-state index contributed by atoms with van der Waals surface area (Å²) in [5, 5.41) is 2.32. The van der Waals surface area contributed by atoms with Gasteiger partial charge >= 0.3 is 0 Å². The van der Waals surface area contributed by atoms with E-state index in [-0.39, 0.29) is 0 Å². The van der Waals surface area contributed by atoms with Gasteiger partial charge < -0.3 is 4.74 Å². The molecule has 0 radical (unpaired) electrons. The van der Waals surface area contributed by atoms with Crippen LogP contribution in [0.4, 0.5) is 0 Å². The van der Waals surface area contributed by atoms with Gasteiger partial charge in [-0.15, -0.1) is 0 Å². The van der Waals surface area contributed by atoms with Gasteiger partial charge in [-0.25, -0.2) is 0 Å². The highest BCUT2D eigenvalue weighted by atomic mass is 16.5. The van der Waals surface area contributed by atoms with Gasteiger partial charge in [0.25, 0.3) is 0 Å². The zero-order chi connectivity index (χ0) is 11.3. The Morgan fingerprint density at radius 2 is 1.87 bits per heavy atom. The first-order chi connectivity index (χ1) is 7.31. The highest BCUT2D eigenvalue weighted by Gasteiger charge is 2.00.